The summed E-state index contributed by atoms with van der Waals surface area (Å²) < 4.78 is 14.2. The van der Waals surface area contributed by atoms with Crippen LogP contribution in [0.25, 0.3) is 88.0 Å². The zero-order valence-corrected chi connectivity index (χ0v) is 36.9. The Morgan fingerprint density at radius 1 is 0.324 bits per heavy atom. The molecular weight excluding hydrogens is 827 g/mol. The molecule has 0 bridgehead atoms. The summed E-state index contributed by atoms with van der Waals surface area (Å²) in [5.74, 6) is 0. The quantitative estimate of drug-likeness (QED) is 0.160. The minimum Gasteiger partial charge on any atom is -0.455 e. The molecule has 11 aromatic carbocycles. The molecule has 0 N–H and O–H groups in total. The van der Waals surface area contributed by atoms with Crippen LogP contribution in [0.5, 0.6) is 0 Å². The molecule has 13 aromatic rings. The predicted octanol–water partition coefficient (Wildman–Crippen LogP) is 17.8. The number of benzene rings is 11. The first-order valence-corrected chi connectivity index (χ1v) is 23.3. The van der Waals surface area contributed by atoms with E-state index in [4.69, 9.17) is 8.83 Å². The molecule has 3 heteroatoms. The Hall–Kier alpha value is -8.92. The first-order chi connectivity index (χ1) is 33.8. The van der Waals surface area contributed by atoms with Gasteiger partial charge in [0.15, 0.2) is 5.58 Å². The van der Waals surface area contributed by atoms with E-state index in [9.17, 15) is 0 Å². The Morgan fingerprint density at radius 2 is 0.897 bits per heavy atom. The average molecular weight is 868 g/mol. The topological polar surface area (TPSA) is 29.5 Å². The van der Waals surface area contributed by atoms with Gasteiger partial charge < -0.3 is 13.7 Å². The fourth-order valence-electron chi connectivity index (χ4n) is 11.5. The molecule has 0 amide bonds. The van der Waals surface area contributed by atoms with Crippen molar-refractivity contribution in [1.29, 1.82) is 0 Å². The number of nitrogens with zero attached hydrogens (tertiary/aromatic N) is 1. The van der Waals surface area contributed by atoms with Crippen LogP contribution < -0.4 is 4.90 Å². The van der Waals surface area contributed by atoms with Crippen molar-refractivity contribution >= 4 is 71.7 Å². The van der Waals surface area contributed by atoms with Crippen molar-refractivity contribution in [3.8, 4) is 33.4 Å². The highest BCUT2D eigenvalue weighted by atomic mass is 16.3. The predicted molar refractivity (Wildman–Crippen MR) is 281 cm³/mol. The minimum absolute atomic E-state index is 0.576. The Balaban J connectivity index is 1.08. The standard InChI is InChI=1S/C65H41NO2/c1-4-20-42(21-5-1)47-27-13-16-35-58(47)66(46-38-39-50-49-29-12-15-34-56(49)65(57(50)41-46,44-23-6-2-7-24-44)45-25-8-3-9-26-45)59-36-19-32-53-55-40-43-22-10-11-28-48(43)61(64(55)68-63(53)59)54-33-18-31-52-51-30-14-17-37-60(51)67-62(52)54/h1-41H. The molecular formula is C65H41NO2. The highest BCUT2D eigenvalue weighted by Gasteiger charge is 2.46. The molecule has 318 valence electrons. The molecule has 2 aromatic heterocycles. The van der Waals surface area contributed by atoms with Gasteiger partial charge in [0, 0.05) is 43.9 Å². The van der Waals surface area contributed by atoms with Gasteiger partial charge in [-0.2, -0.15) is 0 Å². The molecule has 68 heavy (non-hydrogen) atoms. The van der Waals surface area contributed by atoms with E-state index in [2.05, 4.69) is 248 Å². The molecule has 0 saturated heterocycles. The lowest BCUT2D eigenvalue weighted by Crippen LogP contribution is -2.28. The maximum absolute atomic E-state index is 7.51. The molecule has 3 nitrogen and oxygen atoms in total. The second kappa shape index (κ2) is 15.1. The fraction of sp³-hybridized carbons (Fsp3) is 0.0154. The summed E-state index contributed by atoms with van der Waals surface area (Å²) in [6.07, 6.45) is 0. The third kappa shape index (κ3) is 5.54. The molecule has 0 radical (unpaired) electrons. The summed E-state index contributed by atoms with van der Waals surface area (Å²) in [5.41, 5.74) is 17.5. The fourth-order valence-corrected chi connectivity index (χ4v) is 11.5. The number of anilines is 3. The van der Waals surface area contributed by atoms with Crippen LogP contribution in [0.2, 0.25) is 0 Å². The summed E-state index contributed by atoms with van der Waals surface area (Å²) in [5, 5.41) is 6.52. The van der Waals surface area contributed by atoms with E-state index in [1.165, 1.54) is 33.4 Å². The summed E-state index contributed by atoms with van der Waals surface area (Å²) in [6, 6.07) is 89.9. The highest BCUT2D eigenvalue weighted by Crippen LogP contribution is 2.58. The molecule has 0 fully saturated rings. The number of para-hydroxylation sites is 4. The van der Waals surface area contributed by atoms with Crippen LogP contribution in [0.1, 0.15) is 22.3 Å². The SMILES string of the molecule is c1ccc(-c2ccccc2N(c2ccc3c(c2)C(c2ccccc2)(c2ccccc2)c2ccccc2-3)c2cccc3c2oc2c(-c4cccc5c4oc4ccccc45)c4ccccc4cc23)cc1. The summed E-state index contributed by atoms with van der Waals surface area (Å²) in [6.45, 7) is 0. The normalized spacial score (nSPS) is 12.8. The van der Waals surface area contributed by atoms with E-state index >= 15 is 0 Å². The van der Waals surface area contributed by atoms with E-state index in [1.54, 1.807) is 0 Å². The number of hydrogen-bond acceptors (Lipinski definition) is 3. The molecule has 1 aliphatic carbocycles. The van der Waals surface area contributed by atoms with Crippen molar-refractivity contribution in [2.75, 3.05) is 4.90 Å². The van der Waals surface area contributed by atoms with Crippen molar-refractivity contribution in [2.24, 2.45) is 0 Å². The van der Waals surface area contributed by atoms with Gasteiger partial charge in [-0.05, 0) is 86.1 Å². The van der Waals surface area contributed by atoms with Crippen LogP contribution in [0.4, 0.5) is 17.1 Å². The van der Waals surface area contributed by atoms with Crippen LogP contribution in [0.15, 0.2) is 258 Å². The lowest BCUT2D eigenvalue weighted by Gasteiger charge is -2.35. The van der Waals surface area contributed by atoms with E-state index in [0.29, 0.717) is 0 Å². The monoisotopic (exact) mass is 867 g/mol. The zero-order valence-electron chi connectivity index (χ0n) is 36.9. The highest BCUT2D eigenvalue weighted by molar-refractivity contribution is 6.23. The first kappa shape index (κ1) is 38.4. The third-order valence-corrected chi connectivity index (χ3v) is 14.3. The summed E-state index contributed by atoms with van der Waals surface area (Å²) in [4.78, 5) is 2.43. The number of hydrogen-bond donors (Lipinski definition) is 0. The molecule has 0 atom stereocenters. The average Bonchev–Trinajstić information content (AvgIpc) is 4.08. The van der Waals surface area contributed by atoms with Crippen LogP contribution >= 0.6 is 0 Å². The molecule has 0 aliphatic heterocycles. The lowest BCUT2D eigenvalue weighted by molar-refractivity contribution is 0.665. The molecule has 14 rings (SSSR count). The third-order valence-electron chi connectivity index (χ3n) is 14.3. The number of fused-ring (bicyclic) bond motifs is 10. The summed E-state index contributed by atoms with van der Waals surface area (Å²) >= 11 is 0. The van der Waals surface area contributed by atoms with E-state index in [-0.39, 0.29) is 0 Å². The van der Waals surface area contributed by atoms with Crippen molar-refractivity contribution in [3.05, 3.63) is 271 Å². The maximum Gasteiger partial charge on any atom is 0.159 e. The second-order valence-corrected chi connectivity index (χ2v) is 17.9. The van der Waals surface area contributed by atoms with Gasteiger partial charge in [-0.25, -0.2) is 0 Å². The van der Waals surface area contributed by atoms with Gasteiger partial charge in [0.25, 0.3) is 0 Å². The first-order valence-electron chi connectivity index (χ1n) is 23.3. The van der Waals surface area contributed by atoms with Gasteiger partial charge in [0.1, 0.15) is 16.7 Å². The van der Waals surface area contributed by atoms with Gasteiger partial charge in [-0.15, -0.1) is 0 Å². The Kier molecular flexibility index (Phi) is 8.50. The maximum atomic E-state index is 7.51. The molecule has 0 saturated carbocycles. The number of furan rings is 2. The van der Waals surface area contributed by atoms with Crippen LogP contribution in [-0.4, -0.2) is 0 Å². The van der Waals surface area contributed by atoms with E-state index < -0.39 is 5.41 Å². The van der Waals surface area contributed by atoms with Gasteiger partial charge in [0.05, 0.1) is 16.8 Å². The Labute approximate surface area is 393 Å². The minimum atomic E-state index is -0.576. The van der Waals surface area contributed by atoms with Crippen molar-refractivity contribution in [3.63, 3.8) is 0 Å². The summed E-state index contributed by atoms with van der Waals surface area (Å²) in [7, 11) is 0. The molecule has 2 heterocycles. The van der Waals surface area contributed by atoms with E-state index in [1.807, 2.05) is 6.07 Å². The van der Waals surface area contributed by atoms with Crippen molar-refractivity contribution in [1.82, 2.24) is 0 Å². The molecule has 0 unspecified atom stereocenters. The van der Waals surface area contributed by atoms with Gasteiger partial charge >= 0.3 is 0 Å². The molecule has 0 spiro atoms. The smallest absolute Gasteiger partial charge is 0.159 e. The van der Waals surface area contributed by atoms with Gasteiger partial charge in [-0.1, -0.05) is 212 Å². The largest absolute Gasteiger partial charge is 0.455 e. The lowest BCUT2D eigenvalue weighted by atomic mass is 9.67. The van der Waals surface area contributed by atoms with Crippen LogP contribution in [0, 0.1) is 0 Å². The Bertz CT molecular complexity index is 4050. The Morgan fingerprint density at radius 3 is 1.69 bits per heavy atom. The number of rotatable bonds is 7. The zero-order chi connectivity index (χ0) is 44.8. The van der Waals surface area contributed by atoms with Crippen molar-refractivity contribution < 1.29 is 8.83 Å². The van der Waals surface area contributed by atoms with E-state index in [0.717, 1.165) is 94.0 Å². The van der Waals surface area contributed by atoms with Gasteiger partial charge in [0.2, 0.25) is 0 Å². The molecule has 1 aliphatic rings. The van der Waals surface area contributed by atoms with Crippen LogP contribution in [-0.2, 0) is 5.41 Å². The second-order valence-electron chi connectivity index (χ2n) is 17.9. The van der Waals surface area contributed by atoms with Gasteiger partial charge in [-0.3, -0.25) is 0 Å². The van der Waals surface area contributed by atoms with Crippen molar-refractivity contribution in [2.45, 2.75) is 5.41 Å². The van der Waals surface area contributed by atoms with Crippen LogP contribution in [0.3, 0.4) is 0 Å².